The van der Waals surface area contributed by atoms with Crippen LogP contribution in [-0.2, 0) is 62.1 Å². The van der Waals surface area contributed by atoms with Gasteiger partial charge in [-0.25, -0.2) is 0 Å². The Labute approximate surface area is 254 Å². The molecule has 0 atom stereocenters. The third-order valence-electron chi connectivity index (χ3n) is 5.82. The Bertz CT molecular complexity index is 627. The Hall–Kier alpha value is -0.0710. The Morgan fingerprint density at radius 1 is 0.500 bits per heavy atom. The molecule has 9 nitrogen and oxygen atoms in total. The van der Waals surface area contributed by atoms with Gasteiger partial charge in [-0.3, -0.25) is 0 Å². The number of piperidine rings is 2. The van der Waals surface area contributed by atoms with Crippen molar-refractivity contribution in [2.24, 2.45) is 0 Å². The van der Waals surface area contributed by atoms with Crippen LogP contribution >= 0.6 is 17.5 Å². The van der Waals surface area contributed by atoms with E-state index in [2.05, 4.69) is 105 Å². The minimum Gasteiger partial charge on any atom is 4.00 e. The predicted molar refractivity (Wildman–Crippen MR) is 131 cm³/mol. The molecule has 2 aliphatic heterocycles. The molecule has 2 fully saturated rings. The van der Waals surface area contributed by atoms with Gasteiger partial charge in [0.05, 0.1) is 0 Å². The zero-order valence-corrected chi connectivity index (χ0v) is 27.1. The zero-order valence-electron chi connectivity index (χ0n) is 23.1. The molecular formula is C25H36Fe2N2O7P2+6. The average Bonchev–Trinajstić information content (AvgIpc) is 2.86. The third-order valence-corrected chi connectivity index (χ3v) is 9.26. The molecule has 0 N–H and O–H groups in total. The number of rotatable bonds is 4. The van der Waals surface area contributed by atoms with Crippen molar-refractivity contribution in [2.45, 2.75) is 116 Å². The molecule has 0 aromatic rings. The van der Waals surface area contributed by atoms with Gasteiger partial charge < -0.3 is 31.6 Å². The monoisotopic (exact) mass is 650 g/mol. The van der Waals surface area contributed by atoms with Gasteiger partial charge in [-0.15, -0.1) is 5.27 Å². The second-order valence-electron chi connectivity index (χ2n) is 10.1. The first-order chi connectivity index (χ1) is 16.8. The molecule has 0 amide bonds. The summed E-state index contributed by atoms with van der Waals surface area (Å²) in [5.41, 5.74) is 0.395. The van der Waals surface area contributed by atoms with Crippen molar-refractivity contribution in [3.8, 4) is 0 Å². The summed E-state index contributed by atoms with van der Waals surface area (Å²) in [5, 5.41) is 0.320. The molecule has 208 valence electrons. The SMILES string of the molecule is CC1(C)CCCC(C)(C)N1[P-]C(=O)[P-]N1C(C)(C)CCCC1(C)C.[C-]#[O+].[C-]#[O+].[C-]#[O+].[C-]#[O+].[C-]#[O+].[C-]#[O+].[Fe+4].[Fe+4]. The summed E-state index contributed by atoms with van der Waals surface area (Å²) in [4.78, 5) is 13.0. The molecule has 0 aromatic carbocycles. The van der Waals surface area contributed by atoms with E-state index in [9.17, 15) is 4.79 Å². The van der Waals surface area contributed by atoms with Crippen molar-refractivity contribution in [2.75, 3.05) is 0 Å². The summed E-state index contributed by atoms with van der Waals surface area (Å²) >= 11 is 0. The van der Waals surface area contributed by atoms with Crippen LogP contribution in [0, 0.1) is 39.9 Å². The fourth-order valence-corrected chi connectivity index (χ4v) is 7.22. The fraction of sp³-hybridized carbons (Fsp3) is 0.720. The summed E-state index contributed by atoms with van der Waals surface area (Å²) in [7, 11) is 1.74. The number of carbonyl (C=O) groups is 1. The molecule has 2 saturated heterocycles. The molecule has 13 heteroatoms. The summed E-state index contributed by atoms with van der Waals surface area (Å²) in [6.07, 6.45) is 7.21. The van der Waals surface area contributed by atoms with E-state index in [4.69, 9.17) is 27.9 Å². The van der Waals surface area contributed by atoms with Crippen LogP contribution < -0.4 is 0 Å². The first-order valence-electron chi connectivity index (χ1n) is 10.6. The normalized spacial score (nSPS) is 19.5. The minimum absolute atomic E-state index is 0. The summed E-state index contributed by atoms with van der Waals surface area (Å²) in [6.45, 7) is 45.3. The van der Waals surface area contributed by atoms with Gasteiger partial charge in [-0.1, -0.05) is 0 Å². The van der Waals surface area contributed by atoms with Crippen LogP contribution in [0.15, 0.2) is 0 Å². The number of nitrogens with zero attached hydrogens (tertiary/aromatic N) is 2. The number of carbonyl (C=O) groups excluding carboxylic acids is 1. The maximum atomic E-state index is 13.0. The fourth-order valence-electron chi connectivity index (χ4n) is 4.70. The van der Waals surface area contributed by atoms with Gasteiger partial charge >= 0.3 is 102 Å². The summed E-state index contributed by atoms with van der Waals surface area (Å²) in [6, 6.07) is 0. The molecule has 0 aliphatic carbocycles. The maximum absolute atomic E-state index is 13.0. The Morgan fingerprint density at radius 2 is 0.658 bits per heavy atom. The van der Waals surface area contributed by atoms with Crippen molar-refractivity contribution < 1.29 is 66.8 Å². The van der Waals surface area contributed by atoms with Crippen molar-refractivity contribution in [1.82, 2.24) is 9.34 Å². The van der Waals surface area contributed by atoms with E-state index < -0.39 is 0 Å². The summed E-state index contributed by atoms with van der Waals surface area (Å²) in [5.74, 6) is 0. The van der Waals surface area contributed by atoms with Gasteiger partial charge in [0.1, 0.15) is 0 Å². The van der Waals surface area contributed by atoms with Gasteiger partial charge in [-0.2, -0.15) is 0 Å². The van der Waals surface area contributed by atoms with E-state index >= 15 is 0 Å². The first kappa shape index (κ1) is 54.1. The molecule has 0 saturated carbocycles. The Balaban J connectivity index is -0.000000121. The second-order valence-corrected chi connectivity index (χ2v) is 12.4. The zero-order chi connectivity index (χ0) is 30.4. The molecule has 0 spiro atoms. The number of hydrogen-bond donors (Lipinski definition) is 0. The van der Waals surface area contributed by atoms with Crippen LogP contribution in [0.2, 0.25) is 0 Å². The molecule has 2 rings (SSSR count). The van der Waals surface area contributed by atoms with Crippen molar-refractivity contribution in [3.05, 3.63) is 39.9 Å². The molecule has 2 heterocycles. The predicted octanol–water partition coefficient (Wildman–Crippen LogP) is 6.68. The second kappa shape index (κ2) is 28.5. The van der Waals surface area contributed by atoms with Crippen LogP contribution in [0.1, 0.15) is 93.9 Å². The van der Waals surface area contributed by atoms with Crippen LogP contribution in [0.5, 0.6) is 0 Å². The molecule has 2 aliphatic rings. The van der Waals surface area contributed by atoms with Crippen LogP contribution in [0.25, 0.3) is 0 Å². The molecular weight excluding hydrogens is 614 g/mol. The third kappa shape index (κ3) is 19.1. The minimum atomic E-state index is 0. The summed E-state index contributed by atoms with van der Waals surface area (Å²) < 4.78 is 49.9. The van der Waals surface area contributed by atoms with E-state index in [0.717, 1.165) is 17.5 Å². The van der Waals surface area contributed by atoms with Crippen LogP contribution in [0.4, 0.5) is 4.79 Å². The molecule has 0 bridgehead atoms. The average molecular weight is 650 g/mol. The van der Waals surface area contributed by atoms with Crippen LogP contribution in [-0.4, -0.2) is 36.8 Å². The van der Waals surface area contributed by atoms with E-state index in [0.29, 0.717) is 5.27 Å². The van der Waals surface area contributed by atoms with Crippen LogP contribution in [0.3, 0.4) is 0 Å². The van der Waals surface area contributed by atoms with Gasteiger partial charge in [0.2, 0.25) is 0 Å². The first-order valence-corrected chi connectivity index (χ1v) is 12.3. The smallest absolute Gasteiger partial charge is 4.00 e. The molecule has 38 heavy (non-hydrogen) atoms. The van der Waals surface area contributed by atoms with E-state index in [1.807, 2.05) is 0 Å². The maximum Gasteiger partial charge on any atom is 4.00 e. The van der Waals surface area contributed by atoms with E-state index in [1.165, 1.54) is 38.5 Å². The standard InChI is InChI=1S/C19H36N2OP2.6CO.2Fe/c1-16(2)11-9-12-17(3,4)20(16)23-15(22)24-21-18(5,6)13-10-14-19(21,7)8;6*1-2;;/h9-14H2,1-8H3;;;;;;;;/q-2;;;;;;;2*+4. The van der Waals surface area contributed by atoms with Crippen molar-refractivity contribution in [1.29, 1.82) is 0 Å². The van der Waals surface area contributed by atoms with Gasteiger partial charge in [0.15, 0.2) is 0 Å². The largest absolute Gasteiger partial charge is 4.00 e. The topological polar surface area (TPSA) is 143 Å². The van der Waals surface area contributed by atoms with E-state index in [-0.39, 0.29) is 56.3 Å². The molecule has 0 aromatic heterocycles. The quantitative estimate of drug-likeness (QED) is 0.145. The van der Waals surface area contributed by atoms with Crippen molar-refractivity contribution in [3.63, 3.8) is 0 Å². The van der Waals surface area contributed by atoms with Gasteiger partial charge in [-0.05, 0) is 116 Å². The van der Waals surface area contributed by atoms with E-state index in [1.54, 1.807) is 0 Å². The van der Waals surface area contributed by atoms with Gasteiger partial charge in [0, 0.05) is 0 Å². The molecule has 0 radical (unpaired) electrons. The number of hydrogen-bond acceptors (Lipinski definition) is 3. The molecule has 0 unspecified atom stereocenters. The Morgan fingerprint density at radius 3 is 0.816 bits per heavy atom. The van der Waals surface area contributed by atoms with Crippen molar-refractivity contribution >= 4 is 22.7 Å². The van der Waals surface area contributed by atoms with Gasteiger partial charge in [0.25, 0.3) is 0 Å². The Kier molecular flexibility index (Phi) is 40.5.